The zero-order valence-electron chi connectivity index (χ0n) is 14.9. The van der Waals surface area contributed by atoms with E-state index in [4.69, 9.17) is 5.73 Å². The summed E-state index contributed by atoms with van der Waals surface area (Å²) < 4.78 is 1.43. The van der Waals surface area contributed by atoms with E-state index in [1.807, 2.05) is 24.3 Å². The highest BCUT2D eigenvalue weighted by molar-refractivity contribution is 6.04. The van der Waals surface area contributed by atoms with E-state index >= 15 is 0 Å². The van der Waals surface area contributed by atoms with Gasteiger partial charge in [-0.15, -0.1) is 0 Å². The van der Waals surface area contributed by atoms with Gasteiger partial charge in [-0.25, -0.2) is 9.97 Å². The minimum atomic E-state index is -0.726. The van der Waals surface area contributed by atoms with Crippen molar-refractivity contribution in [2.45, 2.75) is 32.1 Å². The van der Waals surface area contributed by atoms with Crippen molar-refractivity contribution >= 4 is 22.8 Å². The number of benzene rings is 1. The number of nitrogens with one attached hydrogen (secondary N) is 2. The number of imidazole rings is 2. The van der Waals surface area contributed by atoms with Gasteiger partial charge in [-0.1, -0.05) is 31.4 Å². The number of fused-ring (bicyclic) bond motifs is 1. The number of para-hydroxylation sites is 2. The van der Waals surface area contributed by atoms with Crippen LogP contribution in [0.1, 0.15) is 53.1 Å². The topological polar surface area (TPSA) is 119 Å². The Morgan fingerprint density at radius 2 is 2.00 bits per heavy atom. The van der Waals surface area contributed by atoms with E-state index in [1.54, 1.807) is 0 Å². The molecule has 0 unspecified atom stereocenters. The van der Waals surface area contributed by atoms with Crippen molar-refractivity contribution in [3.8, 4) is 5.95 Å². The average molecular weight is 366 g/mol. The molecule has 2 aromatic heterocycles. The molecular weight excluding hydrogens is 344 g/mol. The van der Waals surface area contributed by atoms with Gasteiger partial charge in [0.15, 0.2) is 5.69 Å². The molecule has 1 saturated carbocycles. The fraction of sp³-hybridized carbons (Fsp3) is 0.368. The molecule has 8 heteroatoms. The van der Waals surface area contributed by atoms with E-state index in [9.17, 15) is 9.59 Å². The van der Waals surface area contributed by atoms with Gasteiger partial charge in [0.25, 0.3) is 11.8 Å². The van der Waals surface area contributed by atoms with Crippen molar-refractivity contribution < 1.29 is 9.59 Å². The third-order valence-electron chi connectivity index (χ3n) is 5.10. The predicted molar refractivity (Wildman–Crippen MR) is 101 cm³/mol. The number of nitrogens with zero attached hydrogens (tertiary/aromatic N) is 3. The summed E-state index contributed by atoms with van der Waals surface area (Å²) in [5.74, 6) is -0.235. The van der Waals surface area contributed by atoms with Crippen LogP contribution in [0.15, 0.2) is 30.6 Å². The van der Waals surface area contributed by atoms with Gasteiger partial charge in [-0.05, 0) is 30.9 Å². The van der Waals surface area contributed by atoms with Gasteiger partial charge in [0.1, 0.15) is 12.0 Å². The van der Waals surface area contributed by atoms with Crippen molar-refractivity contribution in [1.82, 2.24) is 24.8 Å². The standard InChI is InChI=1S/C19H22N6O2/c20-17(26)16-15(18(27)21-10-12-6-2-1-3-7-12)22-11-25(16)19-23-13-8-4-5-9-14(13)24-19/h4-5,8-9,11-12H,1-3,6-7,10H2,(H2,20,26)(H,21,27)(H,23,24). The first kappa shape index (κ1) is 17.3. The number of nitrogens with two attached hydrogens (primary N) is 1. The van der Waals surface area contributed by atoms with Crippen LogP contribution in [0.5, 0.6) is 0 Å². The number of carbonyl (C=O) groups is 2. The zero-order valence-corrected chi connectivity index (χ0v) is 14.9. The molecule has 1 aliphatic carbocycles. The minimum absolute atomic E-state index is 0.0233. The molecule has 27 heavy (non-hydrogen) atoms. The molecule has 2 heterocycles. The van der Waals surface area contributed by atoms with E-state index in [1.165, 1.54) is 30.2 Å². The van der Waals surface area contributed by atoms with Crippen molar-refractivity contribution in [2.75, 3.05) is 6.54 Å². The monoisotopic (exact) mass is 366 g/mol. The average Bonchev–Trinajstić information content (AvgIpc) is 3.30. The van der Waals surface area contributed by atoms with Crippen molar-refractivity contribution in [1.29, 1.82) is 0 Å². The maximum atomic E-state index is 12.6. The van der Waals surface area contributed by atoms with Gasteiger partial charge >= 0.3 is 0 Å². The van der Waals surface area contributed by atoms with Crippen LogP contribution >= 0.6 is 0 Å². The number of primary amides is 1. The molecule has 0 aliphatic heterocycles. The van der Waals surface area contributed by atoms with Crippen LogP contribution in [0.25, 0.3) is 17.0 Å². The summed E-state index contributed by atoms with van der Waals surface area (Å²) in [6.07, 6.45) is 7.31. The maximum Gasteiger partial charge on any atom is 0.272 e. The maximum absolute atomic E-state index is 12.6. The molecule has 4 rings (SSSR count). The predicted octanol–water partition coefficient (Wildman–Crippen LogP) is 2.16. The molecule has 0 bridgehead atoms. The third kappa shape index (κ3) is 3.42. The van der Waals surface area contributed by atoms with Crippen LogP contribution in [0, 0.1) is 5.92 Å². The summed E-state index contributed by atoms with van der Waals surface area (Å²) in [6, 6.07) is 7.50. The van der Waals surface area contributed by atoms with Gasteiger partial charge < -0.3 is 16.0 Å². The van der Waals surface area contributed by atoms with Crippen molar-refractivity contribution in [2.24, 2.45) is 11.7 Å². The van der Waals surface area contributed by atoms with Gasteiger partial charge in [0.2, 0.25) is 5.95 Å². The molecule has 0 atom stereocenters. The zero-order chi connectivity index (χ0) is 18.8. The molecule has 3 aromatic rings. The van der Waals surface area contributed by atoms with Gasteiger partial charge in [-0.2, -0.15) is 0 Å². The molecule has 8 nitrogen and oxygen atoms in total. The lowest BCUT2D eigenvalue weighted by Crippen LogP contribution is -2.32. The Kier molecular flexibility index (Phi) is 4.62. The summed E-state index contributed by atoms with van der Waals surface area (Å²) in [4.78, 5) is 36.3. The van der Waals surface area contributed by atoms with Crippen LogP contribution in [0.2, 0.25) is 0 Å². The Morgan fingerprint density at radius 3 is 2.74 bits per heavy atom. The van der Waals surface area contributed by atoms with Gasteiger partial charge in [0.05, 0.1) is 11.0 Å². The van der Waals surface area contributed by atoms with Crippen molar-refractivity contribution in [3.05, 3.63) is 42.0 Å². The first-order chi connectivity index (χ1) is 13.1. The van der Waals surface area contributed by atoms with E-state index in [0.717, 1.165) is 23.9 Å². The van der Waals surface area contributed by atoms with Crippen LogP contribution in [-0.4, -0.2) is 37.9 Å². The summed E-state index contributed by atoms with van der Waals surface area (Å²) in [5, 5.41) is 2.90. The van der Waals surface area contributed by atoms with Gasteiger partial charge in [-0.3, -0.25) is 14.2 Å². The third-order valence-corrected chi connectivity index (χ3v) is 5.10. The molecule has 0 radical (unpaired) electrons. The molecular formula is C19H22N6O2. The number of carbonyl (C=O) groups excluding carboxylic acids is 2. The molecule has 4 N–H and O–H groups in total. The molecule has 2 amide bonds. The first-order valence-corrected chi connectivity index (χ1v) is 9.24. The number of amides is 2. The second kappa shape index (κ2) is 7.22. The fourth-order valence-corrected chi connectivity index (χ4v) is 3.68. The number of hydrogen-bond donors (Lipinski definition) is 3. The van der Waals surface area contributed by atoms with Crippen LogP contribution in [0.3, 0.4) is 0 Å². The Morgan fingerprint density at radius 1 is 1.22 bits per heavy atom. The van der Waals surface area contributed by atoms with E-state index < -0.39 is 5.91 Å². The number of hydrogen-bond acceptors (Lipinski definition) is 4. The highest BCUT2D eigenvalue weighted by Crippen LogP contribution is 2.23. The lowest BCUT2D eigenvalue weighted by atomic mass is 9.89. The highest BCUT2D eigenvalue weighted by Gasteiger charge is 2.25. The molecule has 0 saturated heterocycles. The van der Waals surface area contributed by atoms with Crippen molar-refractivity contribution in [3.63, 3.8) is 0 Å². The fourth-order valence-electron chi connectivity index (χ4n) is 3.68. The quantitative estimate of drug-likeness (QED) is 0.641. The lowest BCUT2D eigenvalue weighted by molar-refractivity contribution is 0.0922. The van der Waals surface area contributed by atoms with E-state index in [2.05, 4.69) is 20.3 Å². The van der Waals surface area contributed by atoms with Gasteiger partial charge in [0, 0.05) is 6.54 Å². The molecule has 1 aliphatic rings. The second-order valence-electron chi connectivity index (χ2n) is 6.97. The van der Waals surface area contributed by atoms with Crippen LogP contribution < -0.4 is 11.1 Å². The summed E-state index contributed by atoms with van der Waals surface area (Å²) in [5.41, 5.74) is 7.17. The summed E-state index contributed by atoms with van der Waals surface area (Å²) in [6.45, 7) is 0.592. The smallest absolute Gasteiger partial charge is 0.272 e. The molecule has 1 aromatic carbocycles. The van der Waals surface area contributed by atoms with E-state index in [0.29, 0.717) is 18.4 Å². The number of aromatic nitrogens is 4. The van der Waals surface area contributed by atoms with Crippen LogP contribution in [0.4, 0.5) is 0 Å². The van der Waals surface area contributed by atoms with Crippen LogP contribution in [-0.2, 0) is 0 Å². The molecule has 1 fully saturated rings. The number of aromatic amines is 1. The summed E-state index contributed by atoms with van der Waals surface area (Å²) in [7, 11) is 0. The Bertz CT molecular complexity index is 950. The SMILES string of the molecule is NC(=O)c1c(C(=O)NCC2CCCCC2)ncn1-c1nc2ccccc2[nH]1. The molecule has 140 valence electrons. The Hall–Kier alpha value is -3.16. The number of rotatable bonds is 5. The second-order valence-corrected chi connectivity index (χ2v) is 6.97. The minimum Gasteiger partial charge on any atom is -0.364 e. The summed E-state index contributed by atoms with van der Waals surface area (Å²) >= 11 is 0. The largest absolute Gasteiger partial charge is 0.364 e. The van der Waals surface area contributed by atoms with E-state index in [-0.39, 0.29) is 17.3 Å². The number of H-pyrrole nitrogens is 1. The lowest BCUT2D eigenvalue weighted by Gasteiger charge is -2.21. The highest BCUT2D eigenvalue weighted by atomic mass is 16.2. The molecule has 0 spiro atoms. The first-order valence-electron chi connectivity index (χ1n) is 9.24. The Balaban J connectivity index is 1.60. The Labute approximate surface area is 156 Å². The normalized spacial score (nSPS) is 15.1.